The summed E-state index contributed by atoms with van der Waals surface area (Å²) < 4.78 is 0. The maximum Gasteiger partial charge on any atom is 0.277 e. The molecule has 0 saturated heterocycles. The predicted octanol–water partition coefficient (Wildman–Crippen LogP) is 3.28. The molecule has 3 rings (SSSR count). The molecule has 0 spiro atoms. The lowest BCUT2D eigenvalue weighted by atomic mass is 10.2. The van der Waals surface area contributed by atoms with Gasteiger partial charge in [0.05, 0.1) is 0 Å². The van der Waals surface area contributed by atoms with E-state index in [4.69, 9.17) is 0 Å². The molecule has 1 aliphatic heterocycles. The summed E-state index contributed by atoms with van der Waals surface area (Å²) in [5, 5.41) is 3.26. The van der Waals surface area contributed by atoms with Crippen LogP contribution in [-0.4, -0.2) is 29.0 Å². The van der Waals surface area contributed by atoms with Crippen LogP contribution in [0.3, 0.4) is 0 Å². The Kier molecular flexibility index (Phi) is 4.86. The zero-order valence-electron chi connectivity index (χ0n) is 13.5. The van der Waals surface area contributed by atoms with E-state index < -0.39 is 0 Å². The molecule has 5 heteroatoms. The van der Waals surface area contributed by atoms with Gasteiger partial charge < -0.3 is 10.2 Å². The molecule has 0 radical (unpaired) electrons. The summed E-state index contributed by atoms with van der Waals surface area (Å²) >= 11 is 0. The van der Waals surface area contributed by atoms with Gasteiger partial charge in [-0.1, -0.05) is 38.0 Å². The smallest absolute Gasteiger partial charge is 0.277 e. The molecule has 0 aliphatic carbocycles. The number of para-hydroxylation sites is 1. The first kappa shape index (κ1) is 15.5. The molecule has 1 aliphatic rings. The van der Waals surface area contributed by atoms with Crippen LogP contribution in [0.4, 0.5) is 11.5 Å². The summed E-state index contributed by atoms with van der Waals surface area (Å²) in [6.45, 7) is 3.75. The van der Waals surface area contributed by atoms with Crippen LogP contribution in [0.5, 0.6) is 0 Å². The molecule has 1 aromatic heterocycles. The minimum atomic E-state index is -0.0611. The number of anilines is 2. The Hall–Kier alpha value is -2.43. The second-order valence-electron chi connectivity index (χ2n) is 5.76. The number of benzene rings is 1. The van der Waals surface area contributed by atoms with Crippen LogP contribution in [0.25, 0.3) is 0 Å². The topological polar surface area (TPSA) is 58.1 Å². The molecule has 120 valence electrons. The van der Waals surface area contributed by atoms with Crippen LogP contribution >= 0.6 is 0 Å². The third kappa shape index (κ3) is 3.50. The fourth-order valence-corrected chi connectivity index (χ4v) is 2.85. The van der Waals surface area contributed by atoms with Crippen LogP contribution in [0.15, 0.2) is 36.7 Å². The molecule has 1 amide bonds. The number of hydrogen-bond acceptors (Lipinski definition) is 4. The zero-order valence-corrected chi connectivity index (χ0v) is 13.5. The third-order valence-electron chi connectivity index (χ3n) is 4.10. The minimum absolute atomic E-state index is 0.0611. The summed E-state index contributed by atoms with van der Waals surface area (Å²) in [4.78, 5) is 22.9. The van der Waals surface area contributed by atoms with Gasteiger partial charge in [0, 0.05) is 24.8 Å². The Bertz CT molecular complexity index is 686. The van der Waals surface area contributed by atoms with Crippen molar-refractivity contribution in [3.8, 4) is 0 Å². The van der Waals surface area contributed by atoms with Gasteiger partial charge in [-0.2, -0.15) is 0 Å². The van der Waals surface area contributed by atoms with Crippen molar-refractivity contribution in [2.24, 2.45) is 0 Å². The molecular formula is C18H22N4O. The summed E-state index contributed by atoms with van der Waals surface area (Å²) in [5.41, 5.74) is 2.65. The first-order valence-corrected chi connectivity index (χ1v) is 8.25. The van der Waals surface area contributed by atoms with E-state index in [1.54, 1.807) is 11.0 Å². The summed E-state index contributed by atoms with van der Waals surface area (Å²) in [5.74, 6) is 0.654. The fraction of sp³-hybridized carbons (Fsp3) is 0.389. The number of unbranched alkanes of at least 4 members (excludes halogenated alkanes) is 2. The molecule has 23 heavy (non-hydrogen) atoms. The highest BCUT2D eigenvalue weighted by molar-refractivity contribution is 6.06. The molecule has 2 aromatic rings. The van der Waals surface area contributed by atoms with Crippen molar-refractivity contribution in [3.05, 3.63) is 47.9 Å². The van der Waals surface area contributed by atoms with E-state index in [1.165, 1.54) is 24.7 Å². The van der Waals surface area contributed by atoms with Crippen LogP contribution in [0.2, 0.25) is 0 Å². The number of fused-ring (bicyclic) bond motifs is 1. The predicted molar refractivity (Wildman–Crippen MR) is 91.9 cm³/mol. The molecule has 1 N–H and O–H groups in total. The average Bonchev–Trinajstić information content (AvgIpc) is 3.02. The van der Waals surface area contributed by atoms with Crippen LogP contribution in [0, 0.1) is 0 Å². The van der Waals surface area contributed by atoms with Crippen LogP contribution < -0.4 is 10.2 Å². The largest absolute Gasteiger partial charge is 0.370 e. The lowest BCUT2D eigenvalue weighted by Gasteiger charge is -2.17. The maximum absolute atomic E-state index is 12.7. The molecular weight excluding hydrogens is 288 g/mol. The van der Waals surface area contributed by atoms with Crippen molar-refractivity contribution in [1.29, 1.82) is 0 Å². The van der Waals surface area contributed by atoms with Gasteiger partial charge in [0.15, 0.2) is 0 Å². The van der Waals surface area contributed by atoms with Crippen LogP contribution in [-0.2, 0) is 6.42 Å². The number of aromatic nitrogens is 2. The highest BCUT2D eigenvalue weighted by atomic mass is 16.2. The molecule has 0 saturated carbocycles. The number of carbonyl (C=O) groups excluding carboxylic acids is 1. The standard InChI is InChI=1S/C18H22N4O/c1-2-3-6-10-19-17-12-15(20-13-21-17)18(23)22-11-9-14-7-4-5-8-16(14)22/h4-5,7-8,12-13H,2-3,6,9-11H2,1H3,(H,19,20,21). The summed E-state index contributed by atoms with van der Waals surface area (Å²) in [6.07, 6.45) is 5.83. The van der Waals surface area contributed by atoms with Gasteiger partial charge in [0.1, 0.15) is 17.8 Å². The number of carbonyl (C=O) groups is 1. The van der Waals surface area contributed by atoms with Crippen LogP contribution in [0.1, 0.15) is 42.2 Å². The molecule has 0 atom stereocenters. The van der Waals surface area contributed by atoms with E-state index in [9.17, 15) is 4.79 Å². The van der Waals surface area contributed by atoms with E-state index in [-0.39, 0.29) is 5.91 Å². The second kappa shape index (κ2) is 7.22. The number of nitrogens with zero attached hydrogens (tertiary/aromatic N) is 3. The number of nitrogens with one attached hydrogen (secondary N) is 1. The minimum Gasteiger partial charge on any atom is -0.370 e. The van der Waals surface area contributed by atoms with Gasteiger partial charge in [0.2, 0.25) is 0 Å². The van der Waals surface area contributed by atoms with E-state index in [0.717, 1.165) is 25.1 Å². The molecule has 2 heterocycles. The summed E-state index contributed by atoms with van der Waals surface area (Å²) in [6, 6.07) is 9.78. The molecule has 0 bridgehead atoms. The number of hydrogen-bond donors (Lipinski definition) is 1. The van der Waals surface area contributed by atoms with Crippen molar-refractivity contribution in [1.82, 2.24) is 9.97 Å². The average molecular weight is 310 g/mol. The Balaban J connectivity index is 1.71. The molecule has 5 nitrogen and oxygen atoms in total. The normalized spacial score (nSPS) is 13.0. The van der Waals surface area contributed by atoms with E-state index in [2.05, 4.69) is 28.3 Å². The number of rotatable bonds is 6. The van der Waals surface area contributed by atoms with Gasteiger partial charge in [0.25, 0.3) is 5.91 Å². The lowest BCUT2D eigenvalue weighted by Crippen LogP contribution is -2.29. The molecule has 1 aromatic carbocycles. The molecule has 0 fully saturated rings. The maximum atomic E-state index is 12.7. The monoisotopic (exact) mass is 310 g/mol. The van der Waals surface area contributed by atoms with E-state index in [0.29, 0.717) is 18.1 Å². The summed E-state index contributed by atoms with van der Waals surface area (Å²) in [7, 11) is 0. The molecule has 0 unspecified atom stereocenters. The van der Waals surface area contributed by atoms with E-state index >= 15 is 0 Å². The Labute approximate surface area is 136 Å². The van der Waals surface area contributed by atoms with Gasteiger partial charge >= 0.3 is 0 Å². The van der Waals surface area contributed by atoms with Gasteiger partial charge in [-0.3, -0.25) is 4.79 Å². The highest BCUT2D eigenvalue weighted by Gasteiger charge is 2.26. The van der Waals surface area contributed by atoms with Crippen molar-refractivity contribution in [2.75, 3.05) is 23.3 Å². The van der Waals surface area contributed by atoms with Crippen molar-refractivity contribution < 1.29 is 4.79 Å². The Morgan fingerprint density at radius 3 is 3.00 bits per heavy atom. The highest BCUT2D eigenvalue weighted by Crippen LogP contribution is 2.28. The van der Waals surface area contributed by atoms with Crippen molar-refractivity contribution >= 4 is 17.4 Å². The van der Waals surface area contributed by atoms with Crippen molar-refractivity contribution in [3.63, 3.8) is 0 Å². The first-order valence-electron chi connectivity index (χ1n) is 8.25. The van der Waals surface area contributed by atoms with Crippen molar-refractivity contribution in [2.45, 2.75) is 32.6 Å². The quantitative estimate of drug-likeness (QED) is 0.832. The third-order valence-corrected chi connectivity index (χ3v) is 4.10. The van der Waals surface area contributed by atoms with Gasteiger partial charge in [-0.15, -0.1) is 0 Å². The lowest BCUT2D eigenvalue weighted by molar-refractivity contribution is 0.0984. The number of amides is 1. The zero-order chi connectivity index (χ0) is 16.1. The second-order valence-corrected chi connectivity index (χ2v) is 5.76. The SMILES string of the molecule is CCCCCNc1cc(C(=O)N2CCc3ccccc32)ncn1. The van der Waals surface area contributed by atoms with E-state index in [1.807, 2.05) is 18.2 Å². The van der Waals surface area contributed by atoms with Gasteiger partial charge in [-0.25, -0.2) is 9.97 Å². The Morgan fingerprint density at radius 1 is 1.26 bits per heavy atom. The van der Waals surface area contributed by atoms with Gasteiger partial charge in [-0.05, 0) is 24.5 Å². The Morgan fingerprint density at radius 2 is 2.13 bits per heavy atom. The first-order chi connectivity index (χ1) is 11.3. The fourth-order valence-electron chi connectivity index (χ4n) is 2.85.